The highest BCUT2D eigenvalue weighted by atomic mass is 79.9. The monoisotopic (exact) mass is 373 g/mol. The van der Waals surface area contributed by atoms with E-state index in [4.69, 9.17) is 11.6 Å². The number of carboxylic acids is 1. The van der Waals surface area contributed by atoms with Gasteiger partial charge in [-0.3, -0.25) is 4.79 Å². The summed E-state index contributed by atoms with van der Waals surface area (Å²) in [5.74, 6) is -0.857. The molecule has 1 N–H and O–H groups in total. The number of rotatable bonds is 3. The van der Waals surface area contributed by atoms with Crippen molar-refractivity contribution in [1.29, 1.82) is 0 Å². The quantitative estimate of drug-likeness (QED) is 0.875. The van der Waals surface area contributed by atoms with Crippen LogP contribution in [-0.4, -0.2) is 34.5 Å². The molecule has 4 nitrogen and oxygen atoms in total. The number of carbonyl (C=O) groups is 2. The topological polar surface area (TPSA) is 57.6 Å². The normalized spacial score (nSPS) is 22.1. The largest absolute Gasteiger partial charge is 0.480 e. The Bertz CT molecular complexity index is 544. The van der Waals surface area contributed by atoms with E-state index >= 15 is 0 Å². The number of nitrogens with zero attached hydrogens (tertiary/aromatic N) is 1. The Labute approximate surface area is 137 Å². The number of likely N-dealkylation sites (tertiary alicyclic amines) is 1. The van der Waals surface area contributed by atoms with Gasteiger partial charge in [-0.2, -0.15) is 0 Å². The fraction of sp³-hybridized carbons (Fsp3) is 0.467. The Balaban J connectivity index is 2.26. The minimum absolute atomic E-state index is 0.278. The van der Waals surface area contributed by atoms with Crippen LogP contribution in [0.4, 0.5) is 0 Å². The number of carboxylic acid groups (broad SMARTS) is 1. The summed E-state index contributed by atoms with van der Waals surface area (Å²) < 4.78 is 0.702. The van der Waals surface area contributed by atoms with Crippen molar-refractivity contribution < 1.29 is 14.7 Å². The molecular weight excluding hydrogens is 358 g/mol. The van der Waals surface area contributed by atoms with Gasteiger partial charge in [-0.25, -0.2) is 4.79 Å². The van der Waals surface area contributed by atoms with Crippen molar-refractivity contribution in [3.8, 4) is 0 Å². The predicted molar refractivity (Wildman–Crippen MR) is 84.6 cm³/mol. The zero-order valence-electron chi connectivity index (χ0n) is 11.7. The molecule has 1 saturated heterocycles. The minimum atomic E-state index is -0.942. The van der Waals surface area contributed by atoms with Gasteiger partial charge in [-0.15, -0.1) is 0 Å². The Hall–Kier alpha value is -1.07. The number of halogens is 2. The number of aliphatic carboxylic acids is 1. The first-order valence-electron chi connectivity index (χ1n) is 6.92. The smallest absolute Gasteiger partial charge is 0.326 e. The lowest BCUT2D eigenvalue weighted by molar-refractivity contribution is -0.144. The number of hydrogen-bond acceptors (Lipinski definition) is 2. The van der Waals surface area contributed by atoms with Crippen molar-refractivity contribution in [1.82, 2.24) is 4.90 Å². The van der Waals surface area contributed by atoms with Crippen LogP contribution in [0.3, 0.4) is 0 Å². The maximum atomic E-state index is 12.6. The third-order valence-electron chi connectivity index (χ3n) is 3.94. The lowest BCUT2D eigenvalue weighted by atomic mass is 9.88. The molecule has 2 unspecified atom stereocenters. The summed E-state index contributed by atoms with van der Waals surface area (Å²) in [6.45, 7) is 2.52. The summed E-state index contributed by atoms with van der Waals surface area (Å²) in [6.07, 6.45) is 2.29. The van der Waals surface area contributed by atoms with Crippen molar-refractivity contribution in [3.05, 3.63) is 33.3 Å². The summed E-state index contributed by atoms with van der Waals surface area (Å²) in [6, 6.07) is 4.17. The first-order chi connectivity index (χ1) is 9.92. The van der Waals surface area contributed by atoms with E-state index in [-0.39, 0.29) is 5.91 Å². The van der Waals surface area contributed by atoms with E-state index in [1.54, 1.807) is 18.2 Å². The fourth-order valence-corrected chi connectivity index (χ4v) is 3.59. The molecule has 0 aromatic heterocycles. The Morgan fingerprint density at radius 2 is 2.14 bits per heavy atom. The highest BCUT2D eigenvalue weighted by molar-refractivity contribution is 9.10. The maximum Gasteiger partial charge on any atom is 0.326 e. The number of hydrogen-bond donors (Lipinski definition) is 1. The molecule has 1 aliphatic heterocycles. The summed E-state index contributed by atoms with van der Waals surface area (Å²) in [7, 11) is 0. The lowest BCUT2D eigenvalue weighted by Crippen LogP contribution is -2.50. The second-order valence-corrected chi connectivity index (χ2v) is 6.66. The molecule has 0 radical (unpaired) electrons. The molecule has 21 heavy (non-hydrogen) atoms. The Kier molecular flexibility index (Phi) is 5.27. The zero-order chi connectivity index (χ0) is 15.6. The van der Waals surface area contributed by atoms with Gasteiger partial charge in [0, 0.05) is 21.6 Å². The average Bonchev–Trinajstić information content (AvgIpc) is 2.44. The molecule has 1 aromatic rings. The molecule has 2 atom stereocenters. The van der Waals surface area contributed by atoms with Gasteiger partial charge in [-0.05, 0) is 37.0 Å². The van der Waals surface area contributed by atoms with Gasteiger partial charge in [-0.1, -0.05) is 40.9 Å². The van der Waals surface area contributed by atoms with Gasteiger partial charge in [0.25, 0.3) is 5.91 Å². The van der Waals surface area contributed by atoms with Crippen molar-refractivity contribution in [2.75, 3.05) is 6.54 Å². The van der Waals surface area contributed by atoms with Crippen LogP contribution in [0.15, 0.2) is 22.7 Å². The Morgan fingerprint density at radius 1 is 1.43 bits per heavy atom. The average molecular weight is 375 g/mol. The van der Waals surface area contributed by atoms with Gasteiger partial charge < -0.3 is 10.0 Å². The highest BCUT2D eigenvalue weighted by Crippen LogP contribution is 2.28. The second kappa shape index (κ2) is 6.79. The minimum Gasteiger partial charge on any atom is -0.480 e. The van der Waals surface area contributed by atoms with E-state index in [2.05, 4.69) is 22.9 Å². The van der Waals surface area contributed by atoms with Crippen LogP contribution in [0.25, 0.3) is 0 Å². The molecule has 6 heteroatoms. The van der Waals surface area contributed by atoms with Gasteiger partial charge >= 0.3 is 5.97 Å². The second-order valence-electron chi connectivity index (χ2n) is 5.31. The molecule has 1 amide bonds. The number of carbonyl (C=O) groups excluding carboxylic acids is 1. The molecule has 2 rings (SSSR count). The summed E-state index contributed by atoms with van der Waals surface area (Å²) in [4.78, 5) is 25.5. The van der Waals surface area contributed by atoms with Crippen LogP contribution in [0, 0.1) is 5.92 Å². The third kappa shape index (κ3) is 3.77. The van der Waals surface area contributed by atoms with Gasteiger partial charge in [0.1, 0.15) is 6.04 Å². The summed E-state index contributed by atoms with van der Waals surface area (Å²) in [5, 5.41) is 9.84. The van der Waals surface area contributed by atoms with Crippen LogP contribution >= 0.6 is 27.5 Å². The molecule has 1 aromatic carbocycles. The molecule has 0 bridgehead atoms. The number of amides is 1. The number of benzene rings is 1. The van der Waals surface area contributed by atoms with Gasteiger partial charge in [0.05, 0.1) is 0 Å². The molecule has 1 aliphatic rings. The first-order valence-corrected chi connectivity index (χ1v) is 8.09. The van der Waals surface area contributed by atoms with Crippen molar-refractivity contribution in [3.63, 3.8) is 0 Å². The van der Waals surface area contributed by atoms with E-state index in [1.807, 2.05) is 0 Å². The van der Waals surface area contributed by atoms with Gasteiger partial charge in [0.2, 0.25) is 0 Å². The van der Waals surface area contributed by atoms with E-state index < -0.39 is 12.0 Å². The van der Waals surface area contributed by atoms with Crippen LogP contribution in [0.2, 0.25) is 5.02 Å². The molecule has 0 aliphatic carbocycles. The van der Waals surface area contributed by atoms with Crippen LogP contribution in [0.5, 0.6) is 0 Å². The highest BCUT2D eigenvalue weighted by Gasteiger charge is 2.36. The standard InChI is InChI=1S/C15H17BrClNO3/c1-2-9-3-4-18(13(5-9)15(20)21)14(19)10-6-11(16)8-12(17)7-10/h6-9,13H,2-5H2,1H3,(H,20,21). The summed E-state index contributed by atoms with van der Waals surface area (Å²) >= 11 is 9.26. The van der Waals surface area contributed by atoms with E-state index in [1.165, 1.54) is 4.90 Å². The molecule has 0 spiro atoms. The van der Waals surface area contributed by atoms with Crippen LogP contribution in [-0.2, 0) is 4.79 Å². The van der Waals surface area contributed by atoms with Crippen LogP contribution in [0.1, 0.15) is 36.5 Å². The molecule has 114 valence electrons. The van der Waals surface area contributed by atoms with E-state index in [9.17, 15) is 14.7 Å². The SMILES string of the molecule is CCC1CCN(C(=O)c2cc(Cl)cc(Br)c2)C(C(=O)O)C1. The van der Waals surface area contributed by atoms with Crippen molar-refractivity contribution >= 4 is 39.4 Å². The Morgan fingerprint density at radius 3 is 2.71 bits per heavy atom. The number of piperidine rings is 1. The van der Waals surface area contributed by atoms with Crippen LogP contribution < -0.4 is 0 Å². The first kappa shape index (κ1) is 16.3. The lowest BCUT2D eigenvalue weighted by Gasteiger charge is -2.37. The third-order valence-corrected chi connectivity index (χ3v) is 4.62. The van der Waals surface area contributed by atoms with Gasteiger partial charge in [0.15, 0.2) is 0 Å². The maximum absolute atomic E-state index is 12.6. The van der Waals surface area contributed by atoms with Crippen molar-refractivity contribution in [2.45, 2.75) is 32.2 Å². The summed E-state index contributed by atoms with van der Waals surface area (Å²) in [5.41, 5.74) is 0.413. The zero-order valence-corrected chi connectivity index (χ0v) is 14.0. The fourth-order valence-electron chi connectivity index (χ4n) is 2.73. The van der Waals surface area contributed by atoms with Crippen molar-refractivity contribution in [2.24, 2.45) is 5.92 Å². The molecular formula is C15H17BrClNO3. The molecule has 1 heterocycles. The van der Waals surface area contributed by atoms with E-state index in [0.29, 0.717) is 33.9 Å². The van der Waals surface area contributed by atoms with E-state index in [0.717, 1.165) is 12.8 Å². The molecule has 0 saturated carbocycles. The molecule has 1 fully saturated rings. The predicted octanol–water partition coefficient (Wildman–Crippen LogP) is 3.82.